The van der Waals surface area contributed by atoms with Gasteiger partial charge in [0, 0.05) is 6.42 Å². The first-order chi connectivity index (χ1) is 16.4. The molecule has 8 nitrogen and oxygen atoms in total. The van der Waals surface area contributed by atoms with Crippen molar-refractivity contribution >= 4 is 23.9 Å². The average Bonchev–Trinajstić information content (AvgIpc) is 2.81. The van der Waals surface area contributed by atoms with Crippen LogP contribution in [0.5, 0.6) is 0 Å². The number of rotatable bonds is 21. The van der Waals surface area contributed by atoms with Gasteiger partial charge in [0.25, 0.3) is 0 Å². The number of carbonyl (C=O) groups excluding carboxylic acids is 4. The summed E-state index contributed by atoms with van der Waals surface area (Å²) in [5.74, 6) is -4.64. The number of esters is 4. The van der Waals surface area contributed by atoms with Gasteiger partial charge in [-0.15, -0.1) is 0 Å². The van der Waals surface area contributed by atoms with Gasteiger partial charge in [-0.05, 0) is 25.7 Å². The first-order valence-electron chi connectivity index (χ1n) is 13.1. The van der Waals surface area contributed by atoms with Gasteiger partial charge in [0.2, 0.25) is 0 Å². The van der Waals surface area contributed by atoms with Gasteiger partial charge >= 0.3 is 29.5 Å². The van der Waals surface area contributed by atoms with Crippen molar-refractivity contribution in [1.82, 2.24) is 0 Å². The molecule has 0 bridgehead atoms. The monoisotopic (exact) mass is 486 g/mol. The van der Waals surface area contributed by atoms with Crippen LogP contribution in [0.1, 0.15) is 118 Å². The summed E-state index contributed by atoms with van der Waals surface area (Å²) >= 11 is 0. The highest BCUT2D eigenvalue weighted by atomic mass is 16.7. The zero-order valence-electron chi connectivity index (χ0n) is 21.8. The Balaban J connectivity index is 5.63. The second-order valence-electron chi connectivity index (χ2n) is 8.49. The SMILES string of the molecule is CCCCCCOC(=O)C(OC(=O)CCC)(C(=O)OCCCCCC)C(=O)OCCCCCC. The Kier molecular flexibility index (Phi) is 19.0. The molecule has 0 amide bonds. The minimum atomic E-state index is -2.90. The summed E-state index contributed by atoms with van der Waals surface area (Å²) in [5, 5.41) is 0. The van der Waals surface area contributed by atoms with Crippen molar-refractivity contribution in [3.05, 3.63) is 0 Å². The Bertz CT molecular complexity index is 523. The highest BCUT2D eigenvalue weighted by molar-refractivity contribution is 6.23. The fourth-order valence-electron chi connectivity index (χ4n) is 3.19. The van der Waals surface area contributed by atoms with Crippen LogP contribution in [-0.4, -0.2) is 49.3 Å². The van der Waals surface area contributed by atoms with Crippen molar-refractivity contribution in [3.63, 3.8) is 0 Å². The maximum Gasteiger partial charge on any atom is 0.400 e. The summed E-state index contributed by atoms with van der Waals surface area (Å²) in [7, 11) is 0. The molecular weight excluding hydrogens is 440 g/mol. The lowest BCUT2D eigenvalue weighted by molar-refractivity contribution is -0.206. The maximum absolute atomic E-state index is 13.1. The molecule has 0 aliphatic carbocycles. The first-order valence-corrected chi connectivity index (χ1v) is 13.1. The molecule has 0 aromatic rings. The van der Waals surface area contributed by atoms with E-state index in [-0.39, 0.29) is 26.2 Å². The molecule has 0 aromatic heterocycles. The van der Waals surface area contributed by atoms with Crippen molar-refractivity contribution < 1.29 is 38.1 Å². The number of unbranched alkanes of at least 4 members (excludes halogenated alkanes) is 9. The van der Waals surface area contributed by atoms with Crippen molar-refractivity contribution in [1.29, 1.82) is 0 Å². The Morgan fingerprint density at radius 3 is 1.15 bits per heavy atom. The normalized spacial score (nSPS) is 11.1. The molecule has 0 aliphatic rings. The molecule has 0 aliphatic heterocycles. The van der Waals surface area contributed by atoms with E-state index in [4.69, 9.17) is 18.9 Å². The molecular formula is C26H46O8. The molecule has 0 aromatic carbocycles. The Hall–Kier alpha value is -2.12. The minimum Gasteiger partial charge on any atom is -0.462 e. The third kappa shape index (κ3) is 12.4. The van der Waals surface area contributed by atoms with E-state index in [2.05, 4.69) is 20.8 Å². The van der Waals surface area contributed by atoms with Crippen LogP contribution in [0.2, 0.25) is 0 Å². The van der Waals surface area contributed by atoms with Crippen molar-refractivity contribution in [2.45, 2.75) is 123 Å². The molecule has 0 unspecified atom stereocenters. The molecule has 198 valence electrons. The quantitative estimate of drug-likeness (QED) is 0.0914. The lowest BCUT2D eigenvalue weighted by Crippen LogP contribution is -2.59. The second-order valence-corrected chi connectivity index (χ2v) is 8.49. The van der Waals surface area contributed by atoms with Gasteiger partial charge in [-0.3, -0.25) is 4.79 Å². The zero-order valence-corrected chi connectivity index (χ0v) is 21.8. The maximum atomic E-state index is 13.1. The van der Waals surface area contributed by atoms with E-state index in [0.29, 0.717) is 25.7 Å². The summed E-state index contributed by atoms with van der Waals surface area (Å²) in [6.45, 7) is 7.90. The fourth-order valence-corrected chi connectivity index (χ4v) is 3.19. The standard InChI is InChI=1S/C26H46O8/c1-5-9-12-15-19-31-23(28)26(34-22(27)18-8-4,24(29)32-20-16-13-10-6-2)25(30)33-21-17-14-11-7-3/h5-21H2,1-4H3. The Labute approximate surface area is 205 Å². The van der Waals surface area contributed by atoms with Gasteiger partial charge in [0.1, 0.15) is 0 Å². The summed E-state index contributed by atoms with van der Waals surface area (Å²) in [6, 6.07) is 0. The van der Waals surface area contributed by atoms with E-state index in [9.17, 15) is 19.2 Å². The van der Waals surface area contributed by atoms with E-state index in [0.717, 1.165) is 57.8 Å². The van der Waals surface area contributed by atoms with E-state index >= 15 is 0 Å². The van der Waals surface area contributed by atoms with Gasteiger partial charge in [-0.2, -0.15) is 0 Å². The van der Waals surface area contributed by atoms with Crippen LogP contribution in [0.25, 0.3) is 0 Å². The molecule has 8 heteroatoms. The van der Waals surface area contributed by atoms with Crippen molar-refractivity contribution in [2.24, 2.45) is 0 Å². The molecule has 0 saturated carbocycles. The van der Waals surface area contributed by atoms with E-state index < -0.39 is 29.5 Å². The molecule has 34 heavy (non-hydrogen) atoms. The van der Waals surface area contributed by atoms with Gasteiger partial charge in [0.05, 0.1) is 19.8 Å². The van der Waals surface area contributed by atoms with Crippen LogP contribution in [0.4, 0.5) is 0 Å². The van der Waals surface area contributed by atoms with Crippen molar-refractivity contribution in [2.75, 3.05) is 19.8 Å². The fraction of sp³-hybridized carbons (Fsp3) is 0.846. The topological polar surface area (TPSA) is 105 Å². The molecule has 0 radical (unpaired) electrons. The molecule has 0 saturated heterocycles. The van der Waals surface area contributed by atoms with E-state index in [1.807, 2.05) is 0 Å². The third-order valence-electron chi connectivity index (χ3n) is 5.28. The molecule has 0 heterocycles. The summed E-state index contributed by atoms with van der Waals surface area (Å²) in [4.78, 5) is 51.6. The van der Waals surface area contributed by atoms with E-state index in [1.165, 1.54) is 0 Å². The highest BCUT2D eigenvalue weighted by Crippen LogP contribution is 2.22. The molecule has 0 fully saturated rings. The Morgan fingerprint density at radius 2 is 0.853 bits per heavy atom. The van der Waals surface area contributed by atoms with Gasteiger partial charge in [-0.25, -0.2) is 14.4 Å². The third-order valence-corrected chi connectivity index (χ3v) is 5.28. The molecule has 0 atom stereocenters. The van der Waals surface area contributed by atoms with Crippen LogP contribution in [0, 0.1) is 0 Å². The number of hydrogen-bond acceptors (Lipinski definition) is 8. The number of hydrogen-bond donors (Lipinski definition) is 0. The van der Waals surface area contributed by atoms with Gasteiger partial charge in [-0.1, -0.05) is 85.5 Å². The lowest BCUT2D eigenvalue weighted by atomic mass is 10.0. The predicted molar refractivity (Wildman–Crippen MR) is 129 cm³/mol. The van der Waals surface area contributed by atoms with Gasteiger partial charge in [0.15, 0.2) is 0 Å². The largest absolute Gasteiger partial charge is 0.462 e. The number of ether oxygens (including phenoxy) is 4. The van der Waals surface area contributed by atoms with Crippen LogP contribution in [0.15, 0.2) is 0 Å². The minimum absolute atomic E-state index is 0.000524. The predicted octanol–water partition coefficient (Wildman–Crippen LogP) is 5.44. The Morgan fingerprint density at radius 1 is 0.500 bits per heavy atom. The second kappa shape index (κ2) is 20.3. The van der Waals surface area contributed by atoms with Crippen LogP contribution >= 0.6 is 0 Å². The summed E-state index contributed by atoms with van der Waals surface area (Å²) in [5.41, 5.74) is -2.90. The zero-order chi connectivity index (χ0) is 25.7. The molecule has 0 rings (SSSR count). The smallest absolute Gasteiger partial charge is 0.400 e. The van der Waals surface area contributed by atoms with E-state index in [1.54, 1.807) is 6.92 Å². The lowest BCUT2D eigenvalue weighted by Gasteiger charge is -2.27. The van der Waals surface area contributed by atoms with Crippen LogP contribution in [0.3, 0.4) is 0 Å². The van der Waals surface area contributed by atoms with Gasteiger partial charge < -0.3 is 18.9 Å². The molecule has 0 N–H and O–H groups in total. The van der Waals surface area contributed by atoms with Crippen LogP contribution in [-0.2, 0) is 38.1 Å². The molecule has 0 spiro atoms. The van der Waals surface area contributed by atoms with Crippen molar-refractivity contribution in [3.8, 4) is 0 Å². The average molecular weight is 487 g/mol. The number of carbonyl (C=O) groups is 4. The van der Waals surface area contributed by atoms with Crippen LogP contribution < -0.4 is 0 Å². The first kappa shape index (κ1) is 31.9. The summed E-state index contributed by atoms with van der Waals surface area (Å²) < 4.78 is 21.0. The highest BCUT2D eigenvalue weighted by Gasteiger charge is 2.62. The summed E-state index contributed by atoms with van der Waals surface area (Å²) in [6.07, 6.45) is 10.4.